The van der Waals surface area contributed by atoms with Crippen molar-refractivity contribution in [2.24, 2.45) is 5.73 Å². The normalized spacial score (nSPS) is 14.5. The average Bonchev–Trinajstić information content (AvgIpc) is 2.29. The van der Waals surface area contributed by atoms with E-state index in [1.54, 1.807) is 12.4 Å². The fourth-order valence-electron chi connectivity index (χ4n) is 1.50. The molecule has 1 aromatic rings. The Labute approximate surface area is 96.8 Å². The lowest BCUT2D eigenvalue weighted by atomic mass is 10.1. The second-order valence-corrected chi connectivity index (χ2v) is 3.57. The van der Waals surface area contributed by atoms with Crippen LogP contribution in [0.4, 0.5) is 0 Å². The molecule has 0 aliphatic rings. The molecule has 0 aliphatic heterocycles. The van der Waals surface area contributed by atoms with Crippen LogP contribution < -0.4 is 10.5 Å². The zero-order valence-corrected chi connectivity index (χ0v) is 10.1. The van der Waals surface area contributed by atoms with Crippen LogP contribution in [0.1, 0.15) is 32.4 Å². The predicted molar refractivity (Wildman–Crippen MR) is 63.4 cm³/mol. The van der Waals surface area contributed by atoms with Crippen molar-refractivity contribution < 1.29 is 9.47 Å². The van der Waals surface area contributed by atoms with Gasteiger partial charge in [0.15, 0.2) is 0 Å². The lowest BCUT2D eigenvalue weighted by molar-refractivity contribution is 0.0573. The molecule has 2 N–H and O–H groups in total. The van der Waals surface area contributed by atoms with E-state index in [0.29, 0.717) is 13.2 Å². The molecule has 90 valence electrons. The van der Waals surface area contributed by atoms with Crippen LogP contribution in [-0.2, 0) is 4.74 Å². The van der Waals surface area contributed by atoms with Crippen molar-refractivity contribution in [1.29, 1.82) is 0 Å². The standard InChI is InChI=1S/C12H20N2O2/c1-4-15-9(3)12(13)10-6-11(16-5-2)8-14-7-10/h6-9,12H,4-5,13H2,1-3H3. The highest BCUT2D eigenvalue weighted by molar-refractivity contribution is 5.26. The molecule has 0 saturated heterocycles. The molecule has 0 fully saturated rings. The average molecular weight is 224 g/mol. The Kier molecular flexibility index (Phi) is 5.22. The second-order valence-electron chi connectivity index (χ2n) is 3.57. The molecule has 1 rings (SSSR count). The molecule has 4 nitrogen and oxygen atoms in total. The third-order valence-corrected chi connectivity index (χ3v) is 2.37. The topological polar surface area (TPSA) is 57.4 Å². The summed E-state index contributed by atoms with van der Waals surface area (Å²) in [5.74, 6) is 0.749. The molecule has 0 aliphatic carbocycles. The molecular weight excluding hydrogens is 204 g/mol. The zero-order chi connectivity index (χ0) is 12.0. The summed E-state index contributed by atoms with van der Waals surface area (Å²) in [5.41, 5.74) is 7.01. The van der Waals surface area contributed by atoms with E-state index in [0.717, 1.165) is 11.3 Å². The Morgan fingerprint density at radius 2 is 2.06 bits per heavy atom. The number of nitrogens with zero attached hydrogens (tertiary/aromatic N) is 1. The summed E-state index contributed by atoms with van der Waals surface area (Å²) in [6.45, 7) is 7.14. The molecule has 16 heavy (non-hydrogen) atoms. The van der Waals surface area contributed by atoms with E-state index in [2.05, 4.69) is 4.98 Å². The van der Waals surface area contributed by atoms with Gasteiger partial charge in [0.1, 0.15) is 5.75 Å². The molecule has 2 atom stereocenters. The molecule has 0 radical (unpaired) electrons. The van der Waals surface area contributed by atoms with Gasteiger partial charge in [0, 0.05) is 12.8 Å². The predicted octanol–water partition coefficient (Wildman–Crippen LogP) is 1.91. The lowest BCUT2D eigenvalue weighted by Crippen LogP contribution is -2.26. The summed E-state index contributed by atoms with van der Waals surface area (Å²) in [5, 5.41) is 0. The Morgan fingerprint density at radius 1 is 1.31 bits per heavy atom. The van der Waals surface area contributed by atoms with Crippen LogP contribution >= 0.6 is 0 Å². The van der Waals surface area contributed by atoms with Gasteiger partial charge in [-0.25, -0.2) is 0 Å². The first-order valence-electron chi connectivity index (χ1n) is 5.64. The molecule has 1 aromatic heterocycles. The van der Waals surface area contributed by atoms with E-state index in [4.69, 9.17) is 15.2 Å². The number of hydrogen-bond acceptors (Lipinski definition) is 4. The molecule has 0 amide bonds. The second kappa shape index (κ2) is 6.45. The summed E-state index contributed by atoms with van der Waals surface area (Å²) in [4.78, 5) is 4.11. The summed E-state index contributed by atoms with van der Waals surface area (Å²) in [7, 11) is 0. The number of pyridine rings is 1. The minimum atomic E-state index is -0.173. The minimum absolute atomic E-state index is 0.0244. The zero-order valence-electron chi connectivity index (χ0n) is 10.1. The number of rotatable bonds is 6. The molecule has 0 spiro atoms. The Balaban J connectivity index is 2.74. The van der Waals surface area contributed by atoms with Gasteiger partial charge in [-0.05, 0) is 32.4 Å². The molecule has 4 heteroatoms. The van der Waals surface area contributed by atoms with Crippen molar-refractivity contribution in [2.75, 3.05) is 13.2 Å². The van der Waals surface area contributed by atoms with Crippen molar-refractivity contribution in [1.82, 2.24) is 4.98 Å². The lowest BCUT2D eigenvalue weighted by Gasteiger charge is -2.20. The van der Waals surface area contributed by atoms with Crippen LogP contribution in [0.25, 0.3) is 0 Å². The van der Waals surface area contributed by atoms with Crippen LogP contribution in [0.15, 0.2) is 18.5 Å². The fourth-order valence-corrected chi connectivity index (χ4v) is 1.50. The van der Waals surface area contributed by atoms with E-state index >= 15 is 0 Å². The number of hydrogen-bond donors (Lipinski definition) is 1. The Hall–Kier alpha value is -1.13. The third-order valence-electron chi connectivity index (χ3n) is 2.37. The number of nitrogens with two attached hydrogens (primary N) is 1. The van der Waals surface area contributed by atoms with Crippen molar-refractivity contribution in [3.63, 3.8) is 0 Å². The number of aromatic nitrogens is 1. The van der Waals surface area contributed by atoms with Gasteiger partial charge in [0.25, 0.3) is 0 Å². The molecule has 0 saturated carbocycles. The van der Waals surface area contributed by atoms with Gasteiger partial charge < -0.3 is 15.2 Å². The number of ether oxygens (including phenoxy) is 2. The maximum atomic E-state index is 6.07. The molecule has 0 bridgehead atoms. The van der Waals surface area contributed by atoms with Crippen molar-refractivity contribution in [2.45, 2.75) is 32.9 Å². The van der Waals surface area contributed by atoms with E-state index in [-0.39, 0.29) is 12.1 Å². The highest BCUT2D eigenvalue weighted by atomic mass is 16.5. The molecule has 1 heterocycles. The van der Waals surface area contributed by atoms with Crippen LogP contribution in [0.2, 0.25) is 0 Å². The van der Waals surface area contributed by atoms with Gasteiger partial charge in [0.2, 0.25) is 0 Å². The summed E-state index contributed by atoms with van der Waals surface area (Å²) < 4.78 is 10.8. The Morgan fingerprint density at radius 3 is 2.69 bits per heavy atom. The van der Waals surface area contributed by atoms with Crippen molar-refractivity contribution in [3.05, 3.63) is 24.0 Å². The third kappa shape index (κ3) is 3.47. The van der Waals surface area contributed by atoms with Gasteiger partial charge in [-0.15, -0.1) is 0 Å². The van der Waals surface area contributed by atoms with Crippen LogP contribution in [-0.4, -0.2) is 24.3 Å². The first kappa shape index (κ1) is 12.9. The van der Waals surface area contributed by atoms with E-state index in [9.17, 15) is 0 Å². The maximum Gasteiger partial charge on any atom is 0.137 e. The highest BCUT2D eigenvalue weighted by Gasteiger charge is 2.15. The SMILES string of the molecule is CCOc1cncc(C(N)C(C)OCC)c1. The quantitative estimate of drug-likeness (QED) is 0.802. The highest BCUT2D eigenvalue weighted by Crippen LogP contribution is 2.20. The van der Waals surface area contributed by atoms with E-state index < -0.39 is 0 Å². The van der Waals surface area contributed by atoms with E-state index in [1.165, 1.54) is 0 Å². The molecule has 0 aromatic carbocycles. The first-order chi connectivity index (χ1) is 7.69. The van der Waals surface area contributed by atoms with Crippen molar-refractivity contribution in [3.8, 4) is 5.75 Å². The summed E-state index contributed by atoms with van der Waals surface area (Å²) >= 11 is 0. The fraction of sp³-hybridized carbons (Fsp3) is 0.583. The van der Waals surface area contributed by atoms with Gasteiger partial charge in [-0.3, -0.25) is 4.98 Å². The largest absolute Gasteiger partial charge is 0.492 e. The van der Waals surface area contributed by atoms with Crippen molar-refractivity contribution >= 4 is 0 Å². The summed E-state index contributed by atoms with van der Waals surface area (Å²) in [6.07, 6.45) is 3.41. The van der Waals surface area contributed by atoms with Gasteiger partial charge >= 0.3 is 0 Å². The van der Waals surface area contributed by atoms with Gasteiger partial charge in [0.05, 0.1) is 24.9 Å². The Bertz CT molecular complexity index is 318. The van der Waals surface area contributed by atoms with Crippen LogP contribution in [0.3, 0.4) is 0 Å². The monoisotopic (exact) mass is 224 g/mol. The van der Waals surface area contributed by atoms with E-state index in [1.807, 2.05) is 26.8 Å². The minimum Gasteiger partial charge on any atom is -0.492 e. The van der Waals surface area contributed by atoms with Gasteiger partial charge in [-0.1, -0.05) is 0 Å². The smallest absolute Gasteiger partial charge is 0.137 e. The van der Waals surface area contributed by atoms with Crippen LogP contribution in [0.5, 0.6) is 5.75 Å². The molecule has 2 unspecified atom stereocenters. The first-order valence-corrected chi connectivity index (χ1v) is 5.64. The molecular formula is C12H20N2O2. The summed E-state index contributed by atoms with van der Waals surface area (Å²) in [6, 6.07) is 1.74. The maximum absolute atomic E-state index is 6.07. The van der Waals surface area contributed by atoms with Gasteiger partial charge in [-0.2, -0.15) is 0 Å². The van der Waals surface area contributed by atoms with Crippen LogP contribution in [0, 0.1) is 0 Å².